The molecule has 1 amide bonds. The molecule has 0 unspecified atom stereocenters. The molecule has 0 spiro atoms. The topological polar surface area (TPSA) is 87.2 Å². The number of sulfonamides is 1. The van der Waals surface area contributed by atoms with Crippen molar-refractivity contribution in [1.82, 2.24) is 9.21 Å². The van der Waals surface area contributed by atoms with Gasteiger partial charge in [-0.2, -0.15) is 4.31 Å². The first-order valence-corrected chi connectivity index (χ1v) is 13.4. The number of aliphatic hydroxyl groups is 1. The molecule has 0 saturated carbocycles. The SMILES string of the molecule is CCCC#Cc1ccc2c(c1)O[C@H](CN(C)C(=O)c1ccccc1)[C@@H](C)CN([C@@H](C)CO)S2(=O)=O. The third-order valence-electron chi connectivity index (χ3n) is 6.10. The third kappa shape index (κ3) is 6.23. The first kappa shape index (κ1) is 26.7. The lowest BCUT2D eigenvalue weighted by Gasteiger charge is -2.37. The van der Waals surface area contributed by atoms with E-state index in [1.807, 2.05) is 32.0 Å². The fourth-order valence-corrected chi connectivity index (χ4v) is 5.79. The predicted molar refractivity (Wildman–Crippen MR) is 136 cm³/mol. The van der Waals surface area contributed by atoms with Gasteiger partial charge in [-0.3, -0.25) is 4.79 Å². The van der Waals surface area contributed by atoms with E-state index >= 15 is 0 Å². The number of rotatable bonds is 6. The fourth-order valence-electron chi connectivity index (χ4n) is 3.96. The van der Waals surface area contributed by atoms with Crippen LogP contribution >= 0.6 is 0 Å². The van der Waals surface area contributed by atoms with Crippen molar-refractivity contribution in [3.8, 4) is 17.6 Å². The Morgan fingerprint density at radius 1 is 1.26 bits per heavy atom. The van der Waals surface area contributed by atoms with E-state index < -0.39 is 22.2 Å². The van der Waals surface area contributed by atoms with Gasteiger partial charge >= 0.3 is 0 Å². The number of nitrogens with zero attached hydrogens (tertiary/aromatic N) is 2. The lowest BCUT2D eigenvalue weighted by atomic mass is 10.0. The molecule has 188 valence electrons. The number of hydrogen-bond acceptors (Lipinski definition) is 5. The molecule has 8 heteroatoms. The molecule has 0 bridgehead atoms. The minimum atomic E-state index is -3.92. The number of unbranched alkanes of at least 4 members (excludes halogenated alkanes) is 1. The van der Waals surface area contributed by atoms with Gasteiger partial charge in [-0.15, -0.1) is 0 Å². The van der Waals surface area contributed by atoms with Gasteiger partial charge in [0, 0.05) is 43.1 Å². The quantitative estimate of drug-likeness (QED) is 0.617. The van der Waals surface area contributed by atoms with Crippen molar-refractivity contribution in [2.24, 2.45) is 5.92 Å². The van der Waals surface area contributed by atoms with Crippen LogP contribution in [0.25, 0.3) is 0 Å². The second kappa shape index (κ2) is 11.7. The maximum Gasteiger partial charge on any atom is 0.253 e. The van der Waals surface area contributed by atoms with Crippen molar-refractivity contribution in [2.75, 3.05) is 26.7 Å². The van der Waals surface area contributed by atoms with Crippen LogP contribution in [-0.4, -0.2) is 67.5 Å². The highest BCUT2D eigenvalue weighted by Gasteiger charge is 2.38. The normalized spacial score (nSPS) is 20.3. The lowest BCUT2D eigenvalue weighted by molar-refractivity contribution is 0.0563. The van der Waals surface area contributed by atoms with E-state index in [4.69, 9.17) is 4.74 Å². The van der Waals surface area contributed by atoms with Crippen molar-refractivity contribution >= 4 is 15.9 Å². The standard InChI is InChI=1S/C27H34N2O5S/c1-5-6-8-11-22-14-15-26-24(16-22)34-25(18-28(4)27(31)23-12-9-7-10-13-23)20(2)17-29(21(3)19-30)35(26,32)33/h7,9-10,12-16,20-21,25,30H,5-6,17-19H2,1-4H3/t20-,21-,25+/m0/s1. The second-order valence-corrected chi connectivity index (χ2v) is 10.9. The molecule has 0 aliphatic carbocycles. The van der Waals surface area contributed by atoms with Gasteiger partial charge < -0.3 is 14.7 Å². The Morgan fingerprint density at radius 2 is 1.97 bits per heavy atom. The Balaban J connectivity index is 2.01. The number of carbonyl (C=O) groups is 1. The summed E-state index contributed by atoms with van der Waals surface area (Å²) < 4.78 is 34.7. The number of ether oxygens (including phenoxy) is 1. The highest BCUT2D eigenvalue weighted by Crippen LogP contribution is 2.34. The van der Waals surface area contributed by atoms with Crippen LogP contribution in [0.15, 0.2) is 53.4 Å². The average molecular weight is 499 g/mol. The van der Waals surface area contributed by atoms with Crippen LogP contribution in [0, 0.1) is 17.8 Å². The number of aliphatic hydroxyl groups excluding tert-OH is 1. The van der Waals surface area contributed by atoms with Crippen LogP contribution < -0.4 is 4.74 Å². The average Bonchev–Trinajstić information content (AvgIpc) is 2.85. The summed E-state index contributed by atoms with van der Waals surface area (Å²) in [6, 6.07) is 13.2. The highest BCUT2D eigenvalue weighted by atomic mass is 32.2. The maximum atomic E-state index is 13.6. The minimum Gasteiger partial charge on any atom is -0.487 e. The highest BCUT2D eigenvalue weighted by molar-refractivity contribution is 7.89. The van der Waals surface area contributed by atoms with E-state index in [2.05, 4.69) is 11.8 Å². The van der Waals surface area contributed by atoms with Crippen molar-refractivity contribution in [3.05, 3.63) is 59.7 Å². The molecule has 2 aromatic carbocycles. The zero-order valence-electron chi connectivity index (χ0n) is 20.8. The molecule has 1 aliphatic rings. The van der Waals surface area contributed by atoms with Crippen molar-refractivity contribution in [2.45, 2.75) is 50.7 Å². The first-order chi connectivity index (χ1) is 16.7. The maximum absolute atomic E-state index is 13.6. The molecule has 0 fully saturated rings. The Labute approximate surface area is 208 Å². The number of likely N-dealkylation sites (N-methyl/N-ethyl adjacent to an activating group) is 1. The van der Waals surface area contributed by atoms with Crippen molar-refractivity contribution in [1.29, 1.82) is 0 Å². The van der Waals surface area contributed by atoms with Crippen LogP contribution in [0.5, 0.6) is 5.75 Å². The van der Waals surface area contributed by atoms with E-state index in [1.165, 1.54) is 10.4 Å². The van der Waals surface area contributed by atoms with Gasteiger partial charge in [0.15, 0.2) is 0 Å². The van der Waals surface area contributed by atoms with Gasteiger partial charge in [0.05, 0.1) is 13.2 Å². The first-order valence-electron chi connectivity index (χ1n) is 11.9. The number of amides is 1. The van der Waals surface area contributed by atoms with Gasteiger partial charge in [0.25, 0.3) is 5.91 Å². The summed E-state index contributed by atoms with van der Waals surface area (Å²) in [5.41, 5.74) is 1.23. The van der Waals surface area contributed by atoms with Crippen LogP contribution in [0.1, 0.15) is 49.5 Å². The Bertz CT molecular complexity index is 1190. The molecule has 1 N–H and O–H groups in total. The smallest absolute Gasteiger partial charge is 0.253 e. The van der Waals surface area contributed by atoms with Crippen molar-refractivity contribution in [3.63, 3.8) is 0 Å². The van der Waals surface area contributed by atoms with Gasteiger partial charge in [-0.25, -0.2) is 8.42 Å². The molecule has 7 nitrogen and oxygen atoms in total. The third-order valence-corrected chi connectivity index (χ3v) is 8.12. The lowest BCUT2D eigenvalue weighted by Crippen LogP contribution is -2.50. The molecular weight excluding hydrogens is 464 g/mol. The monoisotopic (exact) mass is 498 g/mol. The van der Waals surface area contributed by atoms with E-state index in [-0.39, 0.29) is 42.2 Å². The van der Waals surface area contributed by atoms with Gasteiger partial charge in [-0.05, 0) is 43.7 Å². The summed E-state index contributed by atoms with van der Waals surface area (Å²) >= 11 is 0. The number of hydrogen-bond donors (Lipinski definition) is 1. The molecule has 1 aliphatic heterocycles. The Hall–Kier alpha value is -2.86. The van der Waals surface area contributed by atoms with E-state index in [0.29, 0.717) is 11.1 Å². The molecule has 0 saturated heterocycles. The summed E-state index contributed by atoms with van der Waals surface area (Å²) in [7, 11) is -2.21. The molecule has 3 rings (SSSR count). The van der Waals surface area contributed by atoms with Gasteiger partial charge in [-0.1, -0.05) is 43.9 Å². The van der Waals surface area contributed by atoms with E-state index in [0.717, 1.165) is 12.8 Å². The number of carbonyl (C=O) groups excluding carboxylic acids is 1. The summed E-state index contributed by atoms with van der Waals surface area (Å²) in [6.07, 6.45) is 1.19. The number of benzene rings is 2. The van der Waals surface area contributed by atoms with E-state index in [9.17, 15) is 18.3 Å². The minimum absolute atomic E-state index is 0.0350. The number of fused-ring (bicyclic) bond motifs is 1. The largest absolute Gasteiger partial charge is 0.487 e. The zero-order valence-corrected chi connectivity index (χ0v) is 21.6. The summed E-state index contributed by atoms with van der Waals surface area (Å²) in [4.78, 5) is 14.6. The molecule has 3 atom stereocenters. The zero-order chi connectivity index (χ0) is 25.6. The molecule has 35 heavy (non-hydrogen) atoms. The second-order valence-electron chi connectivity index (χ2n) is 9.00. The fraction of sp³-hybridized carbons (Fsp3) is 0.444. The molecule has 1 heterocycles. The van der Waals surface area contributed by atoms with Gasteiger partial charge in [0.1, 0.15) is 16.7 Å². The molecular formula is C27H34N2O5S. The summed E-state index contributed by atoms with van der Waals surface area (Å²) in [5, 5.41) is 9.78. The van der Waals surface area contributed by atoms with E-state index in [1.54, 1.807) is 43.1 Å². The Kier molecular flexibility index (Phi) is 8.95. The van der Waals surface area contributed by atoms with Crippen LogP contribution in [-0.2, 0) is 10.0 Å². The van der Waals surface area contributed by atoms with Crippen LogP contribution in [0.3, 0.4) is 0 Å². The molecule has 0 aromatic heterocycles. The summed E-state index contributed by atoms with van der Waals surface area (Å²) in [6.45, 7) is 5.73. The van der Waals surface area contributed by atoms with Crippen LogP contribution in [0.2, 0.25) is 0 Å². The predicted octanol–water partition coefficient (Wildman–Crippen LogP) is 3.38. The Morgan fingerprint density at radius 3 is 2.63 bits per heavy atom. The molecule has 2 aromatic rings. The molecule has 0 radical (unpaired) electrons. The van der Waals surface area contributed by atoms with Crippen LogP contribution in [0.4, 0.5) is 0 Å². The summed E-state index contributed by atoms with van der Waals surface area (Å²) in [5.74, 6) is 5.95. The van der Waals surface area contributed by atoms with Crippen molar-refractivity contribution < 1.29 is 23.1 Å². The van der Waals surface area contributed by atoms with Gasteiger partial charge in [0.2, 0.25) is 10.0 Å².